The first kappa shape index (κ1) is 21.8. The van der Waals surface area contributed by atoms with Gasteiger partial charge in [-0.15, -0.1) is 0 Å². The molecular formula is C19H19BrN2O5S. The topological polar surface area (TPSA) is 109 Å². The fourth-order valence-corrected chi connectivity index (χ4v) is 2.93. The first-order valence-electron chi connectivity index (χ1n) is 8.25. The summed E-state index contributed by atoms with van der Waals surface area (Å²) >= 11 is 4.77. The molecule has 1 atom stereocenters. The molecule has 0 aliphatic carbocycles. The maximum atomic E-state index is 12.7. The number of rotatable bonds is 9. The Bertz CT molecular complexity index is 850. The van der Waals surface area contributed by atoms with E-state index in [1.165, 1.54) is 24.1 Å². The molecule has 0 saturated heterocycles. The van der Waals surface area contributed by atoms with Crippen LogP contribution in [0.2, 0.25) is 0 Å². The van der Waals surface area contributed by atoms with Crippen LogP contribution in [0.5, 0.6) is 0 Å². The van der Waals surface area contributed by atoms with Crippen molar-refractivity contribution >= 4 is 51.6 Å². The second kappa shape index (κ2) is 10.7. The summed E-state index contributed by atoms with van der Waals surface area (Å²) in [5.74, 6) is -1.44. The molecule has 7 nitrogen and oxygen atoms in total. The number of benzene rings is 1. The maximum absolute atomic E-state index is 12.7. The molecule has 1 aromatic heterocycles. The van der Waals surface area contributed by atoms with E-state index in [9.17, 15) is 19.5 Å². The van der Waals surface area contributed by atoms with E-state index in [2.05, 4.69) is 26.6 Å². The number of amides is 2. The largest absolute Gasteiger partial charge is 0.480 e. The lowest BCUT2D eigenvalue weighted by Gasteiger charge is -2.16. The van der Waals surface area contributed by atoms with Crippen LogP contribution in [-0.4, -0.2) is 40.9 Å². The van der Waals surface area contributed by atoms with Crippen LogP contribution in [0.3, 0.4) is 0 Å². The third-order valence-electron chi connectivity index (χ3n) is 3.64. The molecule has 3 N–H and O–H groups in total. The van der Waals surface area contributed by atoms with Gasteiger partial charge in [-0.2, -0.15) is 11.8 Å². The molecule has 0 saturated carbocycles. The number of halogens is 1. The summed E-state index contributed by atoms with van der Waals surface area (Å²) in [6, 6.07) is 8.78. The van der Waals surface area contributed by atoms with Crippen molar-refractivity contribution in [3.63, 3.8) is 0 Å². The number of carbonyl (C=O) groups is 3. The number of aliphatic carboxylic acids is 1. The number of hydrogen-bond acceptors (Lipinski definition) is 5. The van der Waals surface area contributed by atoms with Gasteiger partial charge in [0.15, 0.2) is 0 Å². The maximum Gasteiger partial charge on any atom is 0.326 e. The van der Waals surface area contributed by atoms with Crippen LogP contribution in [0.4, 0.5) is 0 Å². The molecule has 2 rings (SSSR count). The average molecular weight is 467 g/mol. The number of carboxylic acid groups (broad SMARTS) is 1. The van der Waals surface area contributed by atoms with Crippen molar-refractivity contribution in [1.82, 2.24) is 10.6 Å². The molecule has 1 unspecified atom stereocenters. The van der Waals surface area contributed by atoms with E-state index in [1.807, 2.05) is 6.26 Å². The highest BCUT2D eigenvalue weighted by Gasteiger charge is 2.23. The van der Waals surface area contributed by atoms with Crippen LogP contribution in [0.25, 0.3) is 6.08 Å². The molecule has 0 aliphatic heterocycles. The van der Waals surface area contributed by atoms with Crippen molar-refractivity contribution < 1.29 is 23.9 Å². The molecule has 0 aliphatic rings. The first-order chi connectivity index (χ1) is 13.4. The third kappa shape index (κ3) is 6.58. The van der Waals surface area contributed by atoms with Gasteiger partial charge in [0.05, 0.1) is 6.26 Å². The number of carboxylic acids is 1. The van der Waals surface area contributed by atoms with Crippen LogP contribution >= 0.6 is 27.7 Å². The number of nitrogens with one attached hydrogen (secondary N) is 2. The van der Waals surface area contributed by atoms with Crippen molar-refractivity contribution in [2.45, 2.75) is 12.5 Å². The van der Waals surface area contributed by atoms with E-state index in [4.69, 9.17) is 4.42 Å². The average Bonchev–Trinajstić information content (AvgIpc) is 3.17. The van der Waals surface area contributed by atoms with E-state index >= 15 is 0 Å². The van der Waals surface area contributed by atoms with Gasteiger partial charge in [0.2, 0.25) is 0 Å². The first-order valence-corrected chi connectivity index (χ1v) is 10.4. The summed E-state index contributed by atoms with van der Waals surface area (Å²) < 4.78 is 6.01. The second-order valence-electron chi connectivity index (χ2n) is 5.68. The van der Waals surface area contributed by atoms with Crippen LogP contribution in [0.15, 0.2) is 57.2 Å². The zero-order chi connectivity index (χ0) is 20.5. The van der Waals surface area contributed by atoms with Gasteiger partial charge in [-0.1, -0.05) is 15.9 Å². The van der Waals surface area contributed by atoms with E-state index in [-0.39, 0.29) is 12.1 Å². The lowest BCUT2D eigenvalue weighted by atomic mass is 10.2. The summed E-state index contributed by atoms with van der Waals surface area (Å²) in [5.41, 5.74) is 0.233. The van der Waals surface area contributed by atoms with E-state index < -0.39 is 23.8 Å². The molecule has 1 aromatic carbocycles. The normalized spacial score (nSPS) is 12.3. The van der Waals surface area contributed by atoms with Gasteiger partial charge in [-0.25, -0.2) is 4.79 Å². The molecular weight excluding hydrogens is 448 g/mol. The van der Waals surface area contributed by atoms with Crippen LogP contribution < -0.4 is 10.6 Å². The molecule has 0 radical (unpaired) electrons. The molecule has 0 spiro atoms. The lowest BCUT2D eigenvalue weighted by Crippen LogP contribution is -2.44. The van der Waals surface area contributed by atoms with Gasteiger partial charge in [0, 0.05) is 16.1 Å². The SMILES string of the molecule is CSCCC(NC(=O)/C(=C\c1ccco1)NC(=O)c1ccc(Br)cc1)C(=O)O. The van der Waals surface area contributed by atoms with Crippen molar-refractivity contribution in [3.8, 4) is 0 Å². The molecule has 0 fully saturated rings. The molecule has 0 bridgehead atoms. The standard InChI is InChI=1S/C19H19BrN2O5S/c1-28-10-8-15(19(25)26)21-18(24)16(11-14-3-2-9-27-14)22-17(23)12-4-6-13(20)7-5-12/h2-7,9,11,15H,8,10H2,1H3,(H,21,24)(H,22,23)(H,25,26)/b16-11+. The van der Waals surface area contributed by atoms with E-state index in [1.54, 1.807) is 36.4 Å². The Morgan fingerprint density at radius 2 is 1.96 bits per heavy atom. The Morgan fingerprint density at radius 3 is 2.54 bits per heavy atom. The highest BCUT2D eigenvalue weighted by molar-refractivity contribution is 9.10. The zero-order valence-corrected chi connectivity index (χ0v) is 17.4. The monoisotopic (exact) mass is 466 g/mol. The predicted octanol–water partition coefficient (Wildman–Crippen LogP) is 3.14. The Kier molecular flexibility index (Phi) is 8.34. The quantitative estimate of drug-likeness (QED) is 0.489. The molecule has 9 heteroatoms. The zero-order valence-electron chi connectivity index (χ0n) is 15.0. The van der Waals surface area contributed by atoms with Crippen LogP contribution in [0, 0.1) is 0 Å². The third-order valence-corrected chi connectivity index (χ3v) is 4.82. The van der Waals surface area contributed by atoms with E-state index in [0.29, 0.717) is 17.1 Å². The van der Waals surface area contributed by atoms with Gasteiger partial charge in [-0.05, 0) is 54.8 Å². The predicted molar refractivity (Wildman–Crippen MR) is 111 cm³/mol. The van der Waals surface area contributed by atoms with Gasteiger partial charge in [0.25, 0.3) is 11.8 Å². The number of furan rings is 1. The molecule has 148 valence electrons. The molecule has 2 aromatic rings. The summed E-state index contributed by atoms with van der Waals surface area (Å²) in [6.07, 6.45) is 4.88. The lowest BCUT2D eigenvalue weighted by molar-refractivity contribution is -0.141. The van der Waals surface area contributed by atoms with Gasteiger partial charge < -0.3 is 20.2 Å². The second-order valence-corrected chi connectivity index (χ2v) is 7.58. The highest BCUT2D eigenvalue weighted by Crippen LogP contribution is 2.12. The van der Waals surface area contributed by atoms with Gasteiger partial charge in [0.1, 0.15) is 17.5 Å². The molecule has 2 amide bonds. The summed E-state index contributed by atoms with van der Waals surface area (Å²) in [4.78, 5) is 36.6. The minimum atomic E-state index is -1.14. The summed E-state index contributed by atoms with van der Waals surface area (Å²) in [6.45, 7) is 0. The van der Waals surface area contributed by atoms with Gasteiger partial charge >= 0.3 is 5.97 Å². The smallest absolute Gasteiger partial charge is 0.326 e. The Balaban J connectivity index is 2.21. The minimum Gasteiger partial charge on any atom is -0.480 e. The fourth-order valence-electron chi connectivity index (χ4n) is 2.20. The van der Waals surface area contributed by atoms with Crippen molar-refractivity contribution in [2.75, 3.05) is 12.0 Å². The highest BCUT2D eigenvalue weighted by atomic mass is 79.9. The fraction of sp³-hybridized carbons (Fsp3) is 0.211. The Labute approximate surface area is 174 Å². The Hall–Kier alpha value is -2.52. The number of thioether (sulfide) groups is 1. The summed E-state index contributed by atoms with van der Waals surface area (Å²) in [7, 11) is 0. The molecule has 28 heavy (non-hydrogen) atoms. The van der Waals surface area contributed by atoms with Gasteiger partial charge in [-0.3, -0.25) is 9.59 Å². The van der Waals surface area contributed by atoms with Crippen LogP contribution in [0.1, 0.15) is 22.5 Å². The van der Waals surface area contributed by atoms with Crippen molar-refractivity contribution in [1.29, 1.82) is 0 Å². The summed E-state index contributed by atoms with van der Waals surface area (Å²) in [5, 5.41) is 14.3. The van der Waals surface area contributed by atoms with E-state index in [0.717, 1.165) is 4.47 Å². The number of carbonyl (C=O) groups excluding carboxylic acids is 2. The minimum absolute atomic E-state index is 0.113. The van der Waals surface area contributed by atoms with Crippen molar-refractivity contribution in [3.05, 3.63) is 64.2 Å². The van der Waals surface area contributed by atoms with Crippen LogP contribution in [-0.2, 0) is 9.59 Å². The van der Waals surface area contributed by atoms with Crippen molar-refractivity contribution in [2.24, 2.45) is 0 Å². The number of hydrogen-bond donors (Lipinski definition) is 3. The molecule has 1 heterocycles. The Morgan fingerprint density at radius 1 is 1.25 bits per heavy atom.